The third kappa shape index (κ3) is 7.19. The number of aliphatic hydroxyl groups excluding tert-OH is 1. The molecule has 0 saturated carbocycles. The number of methoxy groups -OCH3 is 1. The van der Waals surface area contributed by atoms with Gasteiger partial charge in [-0.05, 0) is 24.3 Å². The molecular weight excluding hydrogens is 480 g/mol. The summed E-state index contributed by atoms with van der Waals surface area (Å²) in [5.41, 5.74) is -0.770. The number of allylic oxidation sites excluding steroid dienone is 1. The molecule has 0 saturated heterocycles. The van der Waals surface area contributed by atoms with Gasteiger partial charge in [-0.3, -0.25) is 15.5 Å². The first-order valence-corrected chi connectivity index (χ1v) is 8.78. The van der Waals surface area contributed by atoms with Gasteiger partial charge in [-0.1, -0.05) is 0 Å². The van der Waals surface area contributed by atoms with Gasteiger partial charge in [-0.2, -0.15) is 13.2 Å². The number of nitrogens with zero attached hydrogens (tertiary/aromatic N) is 1. The molecule has 1 heterocycles. The lowest BCUT2D eigenvalue weighted by Gasteiger charge is -2.16. The highest BCUT2D eigenvalue weighted by molar-refractivity contribution is 5.98. The first-order chi connectivity index (χ1) is 15.9. The van der Waals surface area contributed by atoms with Crippen LogP contribution in [0.15, 0.2) is 54.7 Å². The molecule has 184 valence electrons. The Morgan fingerprint density at radius 1 is 1.12 bits per heavy atom. The molecule has 0 bridgehead atoms. The summed E-state index contributed by atoms with van der Waals surface area (Å²) in [7, 11) is 1.08. The van der Waals surface area contributed by atoms with Gasteiger partial charge in [0.05, 0.1) is 24.6 Å². The smallest absolute Gasteiger partial charge is 0.516 e. The van der Waals surface area contributed by atoms with Gasteiger partial charge >= 0.3 is 12.5 Å². The van der Waals surface area contributed by atoms with Crippen molar-refractivity contribution in [2.24, 2.45) is 0 Å². The van der Waals surface area contributed by atoms with Gasteiger partial charge < -0.3 is 24.6 Å². The Balaban J connectivity index is 2.49. The molecule has 2 aromatic rings. The number of pyridine rings is 1. The lowest BCUT2D eigenvalue weighted by Crippen LogP contribution is -2.24. The van der Waals surface area contributed by atoms with E-state index in [1.165, 1.54) is 0 Å². The van der Waals surface area contributed by atoms with E-state index in [-0.39, 0.29) is 17.2 Å². The number of carbonyl (C=O) groups excluding carboxylic acids is 1. The second-order valence-electron chi connectivity index (χ2n) is 6.04. The fraction of sp³-hybridized carbons (Fsp3) is 0.158. The number of hydrogen-bond donors (Lipinski definition) is 4. The predicted molar refractivity (Wildman–Crippen MR) is 101 cm³/mol. The van der Waals surface area contributed by atoms with E-state index in [0.29, 0.717) is 18.5 Å². The molecule has 34 heavy (non-hydrogen) atoms. The molecule has 2 rings (SSSR count). The molecule has 1 aromatic carbocycles. The number of benzene rings is 1. The van der Waals surface area contributed by atoms with Crippen LogP contribution in [0.25, 0.3) is 0 Å². The molecule has 0 aliphatic heterocycles. The summed E-state index contributed by atoms with van der Waals surface area (Å²) in [6.07, 6.45) is -7.36. The molecule has 1 aromatic heterocycles. The number of halogens is 6. The molecule has 15 heteroatoms. The van der Waals surface area contributed by atoms with E-state index < -0.39 is 41.2 Å². The molecule has 9 nitrogen and oxygen atoms in total. The predicted octanol–water partition coefficient (Wildman–Crippen LogP) is 4.42. The quantitative estimate of drug-likeness (QED) is 0.184. The third-order valence-electron chi connectivity index (χ3n) is 3.73. The SMILES string of the molecule is COc1cc(OC(F)(F)F)ccc1Oc1ncc(C(F)(F)F)cc1C(=O)NC(/C=C\O)=C/NO. The van der Waals surface area contributed by atoms with E-state index in [9.17, 15) is 31.1 Å². The summed E-state index contributed by atoms with van der Waals surface area (Å²) in [4.78, 5) is 16.1. The monoisotopic (exact) mass is 495 g/mol. The maximum Gasteiger partial charge on any atom is 0.573 e. The van der Waals surface area contributed by atoms with Crippen LogP contribution in [0.4, 0.5) is 26.3 Å². The van der Waals surface area contributed by atoms with E-state index in [1.54, 1.807) is 5.48 Å². The number of amides is 1. The standard InChI is InChI=1S/C19H15F6N3O6/c1-32-15-7-12(34-19(23,24)25)2-3-14(15)33-17-13(6-10(8-26-17)18(20,21)22)16(30)28-11(4-5-29)9-27-31/h2-9,27,29,31H,1H3,(H,28,30)/b5-4-,11-9+. The van der Waals surface area contributed by atoms with E-state index in [0.717, 1.165) is 37.6 Å². The van der Waals surface area contributed by atoms with Crippen molar-refractivity contribution >= 4 is 5.91 Å². The Kier molecular flexibility index (Phi) is 8.18. The highest BCUT2D eigenvalue weighted by atomic mass is 19.4. The Morgan fingerprint density at radius 3 is 2.38 bits per heavy atom. The number of rotatable bonds is 8. The van der Waals surface area contributed by atoms with Gasteiger partial charge in [0, 0.05) is 18.5 Å². The van der Waals surface area contributed by atoms with Crippen LogP contribution in [0, 0.1) is 0 Å². The minimum atomic E-state index is -4.99. The largest absolute Gasteiger partial charge is 0.573 e. The molecule has 0 unspecified atom stereocenters. The number of hydroxylamine groups is 1. The van der Waals surface area contributed by atoms with Gasteiger partial charge in [0.15, 0.2) is 11.5 Å². The maximum absolute atomic E-state index is 13.2. The van der Waals surface area contributed by atoms with Gasteiger partial charge in [0.25, 0.3) is 5.91 Å². The summed E-state index contributed by atoms with van der Waals surface area (Å²) in [5, 5.41) is 19.7. The average molecular weight is 495 g/mol. The second kappa shape index (κ2) is 10.7. The number of ether oxygens (including phenoxy) is 3. The summed E-state index contributed by atoms with van der Waals surface area (Å²) in [6, 6.07) is 3.01. The zero-order chi connectivity index (χ0) is 25.5. The molecule has 0 radical (unpaired) electrons. The van der Waals surface area contributed by atoms with Gasteiger partial charge in [-0.25, -0.2) is 4.98 Å². The Bertz CT molecular complexity index is 1090. The van der Waals surface area contributed by atoms with Gasteiger partial charge in [0.1, 0.15) is 11.3 Å². The zero-order valence-corrected chi connectivity index (χ0v) is 16.9. The molecule has 0 atom stereocenters. The van der Waals surface area contributed by atoms with Crippen LogP contribution in [0.5, 0.6) is 23.1 Å². The average Bonchev–Trinajstić information content (AvgIpc) is 2.73. The van der Waals surface area contributed by atoms with Crippen molar-refractivity contribution in [2.75, 3.05) is 7.11 Å². The number of aromatic nitrogens is 1. The number of nitrogens with one attached hydrogen (secondary N) is 2. The maximum atomic E-state index is 13.2. The highest BCUT2D eigenvalue weighted by Crippen LogP contribution is 2.38. The summed E-state index contributed by atoms with van der Waals surface area (Å²) >= 11 is 0. The first kappa shape index (κ1) is 26.1. The molecule has 4 N–H and O–H groups in total. The van der Waals surface area contributed by atoms with E-state index >= 15 is 0 Å². The van der Waals surface area contributed by atoms with Crippen LogP contribution < -0.4 is 25.0 Å². The summed E-state index contributed by atoms with van der Waals surface area (Å²) < 4.78 is 90.8. The highest BCUT2D eigenvalue weighted by Gasteiger charge is 2.34. The van der Waals surface area contributed by atoms with Crippen molar-refractivity contribution in [1.29, 1.82) is 0 Å². The molecule has 0 fully saturated rings. The summed E-state index contributed by atoms with van der Waals surface area (Å²) in [5.74, 6) is -3.16. The fourth-order valence-corrected chi connectivity index (χ4v) is 2.36. The van der Waals surface area contributed by atoms with Crippen molar-refractivity contribution < 1.29 is 55.7 Å². The number of hydrogen-bond acceptors (Lipinski definition) is 8. The van der Waals surface area contributed by atoms with Crippen LogP contribution in [-0.4, -0.2) is 34.7 Å². The first-order valence-electron chi connectivity index (χ1n) is 8.78. The zero-order valence-electron chi connectivity index (χ0n) is 16.9. The van der Waals surface area contributed by atoms with Crippen LogP contribution in [-0.2, 0) is 6.18 Å². The lowest BCUT2D eigenvalue weighted by molar-refractivity contribution is -0.274. The fourth-order valence-electron chi connectivity index (χ4n) is 2.36. The number of alkyl halides is 6. The van der Waals surface area contributed by atoms with Crippen molar-refractivity contribution in [2.45, 2.75) is 12.5 Å². The normalized spacial score (nSPS) is 12.4. The van der Waals surface area contributed by atoms with Crippen LogP contribution in [0.2, 0.25) is 0 Å². The van der Waals surface area contributed by atoms with E-state index in [4.69, 9.17) is 19.8 Å². The molecule has 0 aliphatic carbocycles. The second-order valence-corrected chi connectivity index (χ2v) is 6.04. The lowest BCUT2D eigenvalue weighted by atomic mass is 10.1. The number of carbonyl (C=O) groups is 1. The number of aliphatic hydroxyl groups is 1. The van der Waals surface area contributed by atoms with Crippen LogP contribution in [0.3, 0.4) is 0 Å². The van der Waals surface area contributed by atoms with E-state index in [1.807, 2.05) is 0 Å². The molecule has 1 amide bonds. The molecule has 0 spiro atoms. The minimum Gasteiger partial charge on any atom is -0.516 e. The van der Waals surface area contributed by atoms with Crippen LogP contribution in [0.1, 0.15) is 15.9 Å². The molecule has 0 aliphatic rings. The van der Waals surface area contributed by atoms with Crippen molar-refractivity contribution in [3.8, 4) is 23.1 Å². The van der Waals surface area contributed by atoms with Crippen molar-refractivity contribution in [1.82, 2.24) is 15.8 Å². The third-order valence-corrected chi connectivity index (χ3v) is 3.73. The van der Waals surface area contributed by atoms with Crippen LogP contribution >= 0.6 is 0 Å². The Morgan fingerprint density at radius 2 is 1.82 bits per heavy atom. The van der Waals surface area contributed by atoms with Crippen molar-refractivity contribution in [3.05, 3.63) is 65.8 Å². The summed E-state index contributed by atoms with van der Waals surface area (Å²) in [6.45, 7) is 0. The van der Waals surface area contributed by atoms with Gasteiger partial charge in [0.2, 0.25) is 5.88 Å². The topological polar surface area (TPSA) is 122 Å². The van der Waals surface area contributed by atoms with Crippen molar-refractivity contribution in [3.63, 3.8) is 0 Å². The van der Waals surface area contributed by atoms with E-state index in [2.05, 4.69) is 15.0 Å². The van der Waals surface area contributed by atoms with Gasteiger partial charge in [-0.15, -0.1) is 13.2 Å². The Hall–Kier alpha value is -4.14. The molecular formula is C19H15F6N3O6. The Labute approximate surface area is 186 Å². The minimum absolute atomic E-state index is 0.274.